The van der Waals surface area contributed by atoms with E-state index in [1.54, 1.807) is 11.9 Å². The summed E-state index contributed by atoms with van der Waals surface area (Å²) in [4.78, 5) is 10.7. The molecule has 0 aromatic heterocycles. The van der Waals surface area contributed by atoms with Crippen molar-refractivity contribution < 1.29 is 18.3 Å². The quantitative estimate of drug-likeness (QED) is 0.390. The smallest absolute Gasteiger partial charge is 0.308 e. The van der Waals surface area contributed by atoms with Crippen LogP contribution in [0.2, 0.25) is 0 Å². The number of nitrogens with zero attached hydrogens (tertiary/aromatic N) is 1. The van der Waals surface area contributed by atoms with E-state index in [4.69, 9.17) is 0 Å². The minimum atomic E-state index is -0.375. The topological polar surface area (TPSA) is 29.5 Å². The molecule has 1 heterocycles. The van der Waals surface area contributed by atoms with Crippen molar-refractivity contribution >= 4 is 17.9 Å². The second-order valence-electron chi connectivity index (χ2n) is 8.81. The van der Waals surface area contributed by atoms with Gasteiger partial charge >= 0.3 is 5.97 Å². The molecule has 1 aromatic rings. The third kappa shape index (κ3) is 6.66. The zero-order chi connectivity index (χ0) is 22.4. The van der Waals surface area contributed by atoms with Crippen LogP contribution < -0.4 is 0 Å². The summed E-state index contributed by atoms with van der Waals surface area (Å²) in [7, 11) is 1.45. The lowest BCUT2D eigenvalue weighted by molar-refractivity contribution is -0.149. The zero-order valence-corrected chi connectivity index (χ0v) is 19.5. The number of benzene rings is 1. The Labute approximate surface area is 189 Å². The van der Waals surface area contributed by atoms with Crippen LogP contribution in [0.4, 0.5) is 8.78 Å². The Morgan fingerprint density at radius 2 is 1.97 bits per heavy atom. The van der Waals surface area contributed by atoms with E-state index in [2.05, 4.69) is 41.1 Å². The summed E-state index contributed by atoms with van der Waals surface area (Å²) in [5.74, 6) is 0.209. The minimum Gasteiger partial charge on any atom is -0.469 e. The van der Waals surface area contributed by atoms with Crippen molar-refractivity contribution in [2.24, 2.45) is 11.8 Å². The molecule has 0 spiro atoms. The lowest BCUT2D eigenvalue weighted by Crippen LogP contribution is -2.34. The van der Waals surface area contributed by atoms with E-state index in [9.17, 15) is 13.6 Å². The first-order chi connectivity index (χ1) is 14.9. The lowest BCUT2D eigenvalue weighted by Gasteiger charge is -2.37. The summed E-state index contributed by atoms with van der Waals surface area (Å²) in [5, 5.41) is 0.435. The number of methoxy groups -OCH3 is 1. The molecule has 0 amide bonds. The lowest BCUT2D eigenvalue weighted by atomic mass is 9.76. The number of hydrogen-bond acceptors (Lipinski definition) is 4. The van der Waals surface area contributed by atoms with Crippen LogP contribution in [0, 0.1) is 23.5 Å². The third-order valence-corrected chi connectivity index (χ3v) is 7.76. The van der Waals surface area contributed by atoms with E-state index >= 15 is 0 Å². The first-order valence-electron chi connectivity index (χ1n) is 11.2. The first kappa shape index (κ1) is 24.0. The van der Waals surface area contributed by atoms with Crippen molar-refractivity contribution in [1.29, 1.82) is 0 Å². The highest BCUT2D eigenvalue weighted by molar-refractivity contribution is 7.97. The number of carbonyl (C=O) groups is 1. The summed E-state index contributed by atoms with van der Waals surface area (Å²) in [6.45, 7) is 4.76. The van der Waals surface area contributed by atoms with Gasteiger partial charge in [-0.3, -0.25) is 4.79 Å². The van der Waals surface area contributed by atoms with Crippen LogP contribution in [0.1, 0.15) is 57.9 Å². The van der Waals surface area contributed by atoms with Gasteiger partial charge in [-0.1, -0.05) is 37.1 Å². The molecular formula is C25H33F2NO2S. The molecule has 0 bridgehead atoms. The van der Waals surface area contributed by atoms with Crippen LogP contribution >= 0.6 is 11.9 Å². The van der Waals surface area contributed by atoms with Gasteiger partial charge in [0.1, 0.15) is 11.6 Å². The SMILES string of the molecule is COC(=O)C1CC(C)C1.C[C@H]1CCC(C2=CCCC=C2)SN1Cc1cc(F)ccc1F. The number of rotatable bonds is 4. The molecule has 31 heavy (non-hydrogen) atoms. The Morgan fingerprint density at radius 3 is 2.61 bits per heavy atom. The predicted octanol–water partition coefficient (Wildman–Crippen LogP) is 6.45. The highest BCUT2D eigenvalue weighted by atomic mass is 32.2. The van der Waals surface area contributed by atoms with E-state index in [1.807, 2.05) is 0 Å². The van der Waals surface area contributed by atoms with E-state index in [0.717, 1.165) is 44.4 Å². The zero-order valence-electron chi connectivity index (χ0n) is 18.7. The van der Waals surface area contributed by atoms with Crippen molar-refractivity contribution in [2.75, 3.05) is 7.11 Å². The van der Waals surface area contributed by atoms with Crippen molar-refractivity contribution in [2.45, 2.75) is 70.2 Å². The number of allylic oxidation sites excluding steroid dienone is 3. The third-order valence-electron chi connectivity index (χ3n) is 6.24. The summed E-state index contributed by atoms with van der Waals surface area (Å²) >= 11 is 1.78. The minimum absolute atomic E-state index is 0.0342. The molecule has 6 heteroatoms. The van der Waals surface area contributed by atoms with Crippen molar-refractivity contribution in [1.82, 2.24) is 4.31 Å². The second kappa shape index (κ2) is 11.3. The summed E-state index contributed by atoms with van der Waals surface area (Å²) in [6, 6.07) is 4.07. The van der Waals surface area contributed by atoms with Crippen molar-refractivity contribution in [3.63, 3.8) is 0 Å². The normalized spacial score (nSPS) is 28.1. The number of halogens is 2. The molecule has 2 aliphatic carbocycles. The van der Waals surface area contributed by atoms with Gasteiger partial charge in [0.25, 0.3) is 0 Å². The van der Waals surface area contributed by atoms with Gasteiger partial charge in [-0.25, -0.2) is 13.1 Å². The number of carbonyl (C=O) groups excluding carboxylic acids is 1. The second-order valence-corrected chi connectivity index (χ2v) is 10.1. The summed E-state index contributed by atoms with van der Waals surface area (Å²) in [5.41, 5.74) is 1.82. The average Bonchev–Trinajstić information content (AvgIpc) is 2.76. The van der Waals surface area contributed by atoms with Gasteiger partial charge in [0.2, 0.25) is 0 Å². The van der Waals surface area contributed by atoms with Crippen LogP contribution in [-0.4, -0.2) is 28.7 Å². The molecule has 3 nitrogen and oxygen atoms in total. The molecule has 2 fully saturated rings. The Hall–Kier alpha value is -1.66. The molecule has 1 saturated heterocycles. The summed E-state index contributed by atoms with van der Waals surface area (Å²) in [6.07, 6.45) is 13.3. The van der Waals surface area contributed by atoms with Crippen LogP contribution in [0.25, 0.3) is 0 Å². The number of esters is 1. The molecule has 1 aliphatic heterocycles. The molecule has 0 N–H and O–H groups in total. The van der Waals surface area contributed by atoms with Crippen LogP contribution in [0.5, 0.6) is 0 Å². The van der Waals surface area contributed by atoms with E-state index in [0.29, 0.717) is 23.4 Å². The summed E-state index contributed by atoms with van der Waals surface area (Å²) < 4.78 is 34.0. The molecule has 170 valence electrons. The maximum Gasteiger partial charge on any atom is 0.308 e. The molecule has 4 rings (SSSR count). The van der Waals surface area contributed by atoms with Gasteiger partial charge in [-0.15, -0.1) is 0 Å². The molecule has 3 aliphatic rings. The van der Waals surface area contributed by atoms with Gasteiger partial charge in [0, 0.05) is 23.4 Å². The first-order valence-corrected chi connectivity index (χ1v) is 12.0. The molecule has 1 unspecified atom stereocenters. The van der Waals surface area contributed by atoms with Gasteiger partial charge in [-0.2, -0.15) is 0 Å². The maximum absolute atomic E-state index is 13.9. The van der Waals surface area contributed by atoms with Crippen molar-refractivity contribution in [3.05, 3.63) is 59.2 Å². The fourth-order valence-electron chi connectivity index (χ4n) is 4.24. The Kier molecular flexibility index (Phi) is 8.73. The standard InChI is InChI=1S/C18H21F2NS.C7H12O2/c1-13-7-10-18(14-5-3-2-4-6-14)22-21(13)12-15-11-16(19)8-9-17(15)20;1-5-3-6(4-5)7(8)9-2/h3,5-6,8-9,11,13,18H,2,4,7,10,12H2,1H3;5-6H,3-4H2,1-2H3/t13-,18?;/m0./s1. The Balaban J connectivity index is 0.000000254. The van der Waals surface area contributed by atoms with Gasteiger partial charge in [0.15, 0.2) is 0 Å². The highest BCUT2D eigenvalue weighted by Crippen LogP contribution is 2.38. The van der Waals surface area contributed by atoms with Crippen LogP contribution in [0.3, 0.4) is 0 Å². The van der Waals surface area contributed by atoms with E-state index in [-0.39, 0.29) is 23.5 Å². The monoisotopic (exact) mass is 449 g/mol. The van der Waals surface area contributed by atoms with Crippen molar-refractivity contribution in [3.8, 4) is 0 Å². The van der Waals surface area contributed by atoms with Gasteiger partial charge < -0.3 is 4.74 Å². The average molecular weight is 450 g/mol. The maximum atomic E-state index is 13.9. The molecule has 1 saturated carbocycles. The fourth-order valence-corrected chi connectivity index (χ4v) is 5.64. The Bertz CT molecular complexity index is 820. The molecule has 0 radical (unpaired) electrons. The number of ether oxygens (including phenoxy) is 1. The largest absolute Gasteiger partial charge is 0.469 e. The Morgan fingerprint density at radius 1 is 1.19 bits per heavy atom. The van der Waals surface area contributed by atoms with E-state index < -0.39 is 0 Å². The predicted molar refractivity (Wildman–Crippen MR) is 122 cm³/mol. The number of hydrogen-bond donors (Lipinski definition) is 0. The molecule has 2 atom stereocenters. The van der Waals surface area contributed by atoms with E-state index in [1.165, 1.54) is 30.9 Å². The molecular weight excluding hydrogens is 416 g/mol. The van der Waals surface area contributed by atoms with Gasteiger partial charge in [0.05, 0.1) is 13.0 Å². The van der Waals surface area contributed by atoms with Gasteiger partial charge in [-0.05, 0) is 75.1 Å². The molecule has 1 aromatic carbocycles. The van der Waals surface area contributed by atoms with Crippen LogP contribution in [-0.2, 0) is 16.1 Å². The fraction of sp³-hybridized carbons (Fsp3) is 0.560. The van der Waals surface area contributed by atoms with Crippen LogP contribution in [0.15, 0.2) is 42.0 Å². The highest BCUT2D eigenvalue weighted by Gasteiger charge is 2.32.